The molecule has 0 unspecified atom stereocenters. The second-order valence-electron chi connectivity index (χ2n) is 20.2. The maximum atomic E-state index is 5.47. The molecule has 0 aliphatic rings. The van der Waals surface area contributed by atoms with Crippen LogP contribution in [0, 0.1) is 0 Å². The Labute approximate surface area is 443 Å². The summed E-state index contributed by atoms with van der Waals surface area (Å²) in [5, 5.41) is 9.75. The average Bonchev–Trinajstić information content (AvgIpc) is 4.42. The summed E-state index contributed by atoms with van der Waals surface area (Å²) >= 11 is 0. The fourth-order valence-electron chi connectivity index (χ4n) is 12.4. The van der Waals surface area contributed by atoms with Crippen LogP contribution in [0.1, 0.15) is 5.56 Å². The summed E-state index contributed by atoms with van der Waals surface area (Å²) in [6, 6.07) is 96.4. The lowest BCUT2D eigenvalue weighted by Gasteiger charge is -2.14. The molecule has 16 aromatic rings. The molecule has 0 fully saturated rings. The lowest BCUT2D eigenvalue weighted by molar-refractivity contribution is 0.870. The lowest BCUT2D eigenvalue weighted by atomic mass is 10.0. The molecule has 6 nitrogen and oxygen atoms in total. The van der Waals surface area contributed by atoms with E-state index >= 15 is 0 Å². The molecule has 5 aromatic heterocycles. The Kier molecular flexibility index (Phi) is 9.60. The highest BCUT2D eigenvalue weighted by molar-refractivity contribution is 6.23. The van der Waals surface area contributed by atoms with E-state index in [-0.39, 0.29) is 0 Å². The molecule has 6 heteroatoms. The van der Waals surface area contributed by atoms with Crippen molar-refractivity contribution in [1.82, 2.24) is 28.2 Å². The Morgan fingerprint density at radius 3 is 1.25 bits per heavy atom. The summed E-state index contributed by atoms with van der Waals surface area (Å²) in [6.45, 7) is 0.693. The average molecular weight is 983 g/mol. The van der Waals surface area contributed by atoms with Crippen LogP contribution in [0.2, 0.25) is 0 Å². The van der Waals surface area contributed by atoms with E-state index in [1.807, 2.05) is 0 Å². The van der Waals surface area contributed by atoms with E-state index in [1.54, 1.807) is 0 Å². The molecule has 16 rings (SSSR count). The van der Waals surface area contributed by atoms with Crippen molar-refractivity contribution in [2.45, 2.75) is 6.54 Å². The largest absolute Gasteiger partial charge is 0.334 e. The van der Waals surface area contributed by atoms with Gasteiger partial charge >= 0.3 is 0 Å². The summed E-state index contributed by atoms with van der Waals surface area (Å²) < 4.78 is 9.58. The van der Waals surface area contributed by atoms with E-state index < -0.39 is 0 Å². The molecule has 0 aliphatic heterocycles. The van der Waals surface area contributed by atoms with Gasteiger partial charge in [-0.2, -0.15) is 0 Å². The Hall–Kier alpha value is -10.3. The normalized spacial score (nSPS) is 11.9. The van der Waals surface area contributed by atoms with Gasteiger partial charge in [-0.05, 0) is 95.6 Å². The highest BCUT2D eigenvalue weighted by Gasteiger charge is 2.22. The number of rotatable bonds is 8. The van der Waals surface area contributed by atoms with Gasteiger partial charge in [0, 0.05) is 77.7 Å². The molecule has 0 aliphatic carbocycles. The lowest BCUT2D eigenvalue weighted by Crippen LogP contribution is -2.04. The van der Waals surface area contributed by atoms with Crippen LogP contribution in [0.4, 0.5) is 0 Å². The molecule has 11 aromatic carbocycles. The standard InChI is InChI=1S/C71H46N6/c1-4-18-47(19-5-1)61-44-62(48-34-32-46(33-35-48)45-74-63-28-14-10-24-53(63)57-38-39-58-54-25-11-16-30-65(54)76(70(58)69(57)74)52-22-8-3-9-23-52)73-71(72-61)77-66-31-17-13-27-56(66)60-43-50(37-41-68(60)77)49-36-40-67-59(42-49)55-26-12-15-29-64(55)75(67)51-20-6-2-7-21-51/h1-44H,45H2. The molecule has 0 spiro atoms. The van der Waals surface area contributed by atoms with Gasteiger partial charge in [-0.25, -0.2) is 9.97 Å². The quantitative estimate of drug-likeness (QED) is 0.152. The molecule has 0 N–H and O–H groups in total. The maximum Gasteiger partial charge on any atom is 0.235 e. The molecule has 0 amide bonds. The summed E-state index contributed by atoms with van der Waals surface area (Å²) in [4.78, 5) is 10.8. The molecule has 0 bridgehead atoms. The molecule has 77 heavy (non-hydrogen) atoms. The third-order valence-electron chi connectivity index (χ3n) is 15.8. The van der Waals surface area contributed by atoms with Crippen LogP contribution >= 0.6 is 0 Å². The van der Waals surface area contributed by atoms with E-state index in [2.05, 4.69) is 285 Å². The zero-order valence-corrected chi connectivity index (χ0v) is 41.8. The summed E-state index contributed by atoms with van der Waals surface area (Å²) in [5.74, 6) is 0.627. The predicted octanol–water partition coefficient (Wildman–Crippen LogP) is 17.9. The van der Waals surface area contributed by atoms with Crippen molar-refractivity contribution in [3.63, 3.8) is 0 Å². The Balaban J connectivity index is 0.818. The van der Waals surface area contributed by atoms with E-state index in [1.165, 1.54) is 76.5 Å². The number of fused-ring (bicyclic) bond motifs is 13. The monoisotopic (exact) mass is 982 g/mol. The Morgan fingerprint density at radius 2 is 0.662 bits per heavy atom. The van der Waals surface area contributed by atoms with Gasteiger partial charge in [0.2, 0.25) is 5.95 Å². The third-order valence-corrected chi connectivity index (χ3v) is 15.8. The van der Waals surface area contributed by atoms with Crippen LogP contribution in [-0.4, -0.2) is 28.2 Å². The van der Waals surface area contributed by atoms with E-state index in [4.69, 9.17) is 9.97 Å². The van der Waals surface area contributed by atoms with E-state index in [0.29, 0.717) is 12.5 Å². The first-order chi connectivity index (χ1) is 38.2. The molecular formula is C71H46N6. The minimum atomic E-state index is 0.627. The van der Waals surface area contributed by atoms with Crippen LogP contribution in [0.3, 0.4) is 0 Å². The third kappa shape index (κ3) is 6.75. The zero-order chi connectivity index (χ0) is 50.6. The number of para-hydroxylation sites is 6. The van der Waals surface area contributed by atoms with E-state index in [9.17, 15) is 0 Å². The molecule has 360 valence electrons. The first kappa shape index (κ1) is 43.1. The fourth-order valence-corrected chi connectivity index (χ4v) is 12.4. The van der Waals surface area contributed by atoms with Gasteiger partial charge in [-0.3, -0.25) is 4.57 Å². The Morgan fingerprint density at radius 1 is 0.260 bits per heavy atom. The van der Waals surface area contributed by atoms with Gasteiger partial charge in [0.1, 0.15) is 0 Å². The predicted molar refractivity (Wildman–Crippen MR) is 320 cm³/mol. The van der Waals surface area contributed by atoms with Crippen molar-refractivity contribution in [1.29, 1.82) is 0 Å². The second kappa shape index (κ2) is 17.1. The minimum absolute atomic E-state index is 0.627. The first-order valence-electron chi connectivity index (χ1n) is 26.4. The van der Waals surface area contributed by atoms with Crippen molar-refractivity contribution >= 4 is 87.2 Å². The zero-order valence-electron chi connectivity index (χ0n) is 41.8. The Bertz CT molecular complexity index is 4980. The molecule has 0 atom stereocenters. The number of benzene rings is 11. The smallest absolute Gasteiger partial charge is 0.235 e. The minimum Gasteiger partial charge on any atom is -0.334 e. The number of aromatic nitrogens is 6. The van der Waals surface area contributed by atoms with E-state index in [0.717, 1.165) is 61.3 Å². The van der Waals surface area contributed by atoms with Crippen molar-refractivity contribution in [3.8, 4) is 51.0 Å². The molecular weight excluding hydrogens is 937 g/mol. The van der Waals surface area contributed by atoms with Gasteiger partial charge in [0.15, 0.2) is 0 Å². The van der Waals surface area contributed by atoms with Gasteiger partial charge < -0.3 is 13.7 Å². The highest BCUT2D eigenvalue weighted by Crippen LogP contribution is 2.42. The molecule has 0 saturated heterocycles. The maximum absolute atomic E-state index is 5.47. The van der Waals surface area contributed by atoms with Crippen LogP contribution < -0.4 is 0 Å². The van der Waals surface area contributed by atoms with Gasteiger partial charge in [0.05, 0.1) is 50.0 Å². The SMILES string of the molecule is c1ccc(-c2cc(-c3ccc(Cn4c5ccccc5c5ccc6c7ccccc7n(-c7ccccc7)c6c54)cc3)nc(-n3c4ccccc4c4cc(-c5ccc6c(c5)c5ccccc5n6-c5ccccc5)ccc43)n2)cc1. The van der Waals surface area contributed by atoms with Crippen molar-refractivity contribution in [2.24, 2.45) is 0 Å². The van der Waals surface area contributed by atoms with Crippen LogP contribution in [0.5, 0.6) is 0 Å². The molecule has 0 radical (unpaired) electrons. The number of nitrogens with zero attached hydrogens (tertiary/aromatic N) is 6. The number of hydrogen-bond acceptors (Lipinski definition) is 2. The van der Waals surface area contributed by atoms with Crippen molar-refractivity contribution < 1.29 is 0 Å². The van der Waals surface area contributed by atoms with Gasteiger partial charge in [-0.15, -0.1) is 0 Å². The summed E-state index contributed by atoms with van der Waals surface area (Å²) in [6.07, 6.45) is 0. The number of hydrogen-bond donors (Lipinski definition) is 0. The van der Waals surface area contributed by atoms with Gasteiger partial charge in [0.25, 0.3) is 0 Å². The second-order valence-corrected chi connectivity index (χ2v) is 20.2. The van der Waals surface area contributed by atoms with Crippen LogP contribution in [0.25, 0.3) is 138 Å². The first-order valence-corrected chi connectivity index (χ1v) is 26.4. The van der Waals surface area contributed by atoms with Crippen LogP contribution in [-0.2, 0) is 6.54 Å². The van der Waals surface area contributed by atoms with Crippen molar-refractivity contribution in [3.05, 3.63) is 272 Å². The summed E-state index contributed by atoms with van der Waals surface area (Å²) in [7, 11) is 0. The topological polar surface area (TPSA) is 45.5 Å². The van der Waals surface area contributed by atoms with Gasteiger partial charge in [-0.1, -0.05) is 188 Å². The van der Waals surface area contributed by atoms with Crippen LogP contribution in [0.15, 0.2) is 267 Å². The molecule has 5 heterocycles. The highest BCUT2D eigenvalue weighted by atomic mass is 15.2. The fraction of sp³-hybridized carbons (Fsp3) is 0.0141. The molecule has 0 saturated carbocycles. The summed E-state index contributed by atoms with van der Waals surface area (Å²) in [5.41, 5.74) is 19.0. The van der Waals surface area contributed by atoms with Crippen molar-refractivity contribution in [2.75, 3.05) is 0 Å².